The maximum absolute atomic E-state index is 12.0. The first-order chi connectivity index (χ1) is 12.6. The Balaban J connectivity index is 1.49. The van der Waals surface area contributed by atoms with Crippen molar-refractivity contribution in [1.29, 1.82) is 0 Å². The van der Waals surface area contributed by atoms with Crippen molar-refractivity contribution >= 4 is 11.7 Å². The molecular formula is C20H25N5O. The minimum atomic E-state index is 0.247. The van der Waals surface area contributed by atoms with Crippen molar-refractivity contribution in [3.8, 4) is 11.4 Å². The topological polar surface area (TPSA) is 71.0 Å². The lowest BCUT2D eigenvalue weighted by atomic mass is 10.0. The molecule has 0 radical (unpaired) electrons. The van der Waals surface area contributed by atoms with E-state index in [1.165, 1.54) is 0 Å². The summed E-state index contributed by atoms with van der Waals surface area (Å²) in [5, 5.41) is 3.21. The number of aromatic nitrogens is 3. The van der Waals surface area contributed by atoms with Crippen LogP contribution in [0.4, 0.5) is 5.82 Å². The number of nitrogens with one attached hydrogen (secondary N) is 1. The van der Waals surface area contributed by atoms with Gasteiger partial charge in [-0.15, -0.1) is 0 Å². The van der Waals surface area contributed by atoms with Crippen LogP contribution in [0.2, 0.25) is 0 Å². The van der Waals surface area contributed by atoms with E-state index in [4.69, 9.17) is 4.98 Å². The molecule has 0 aromatic carbocycles. The van der Waals surface area contributed by atoms with Gasteiger partial charge >= 0.3 is 0 Å². The molecule has 4 rings (SSSR count). The third-order valence-electron chi connectivity index (χ3n) is 5.37. The number of amides is 1. The molecule has 1 aliphatic heterocycles. The Morgan fingerprint density at radius 3 is 2.58 bits per heavy atom. The Kier molecular flexibility index (Phi) is 4.57. The second-order valence-electron chi connectivity index (χ2n) is 7.37. The highest BCUT2D eigenvalue weighted by molar-refractivity contribution is 5.81. The number of hydrogen-bond acceptors (Lipinski definition) is 5. The zero-order valence-electron chi connectivity index (χ0n) is 15.4. The van der Waals surface area contributed by atoms with Crippen LogP contribution in [0.3, 0.4) is 0 Å². The highest BCUT2D eigenvalue weighted by Gasteiger charge is 2.32. The quantitative estimate of drug-likeness (QED) is 0.917. The summed E-state index contributed by atoms with van der Waals surface area (Å²) < 4.78 is 0. The average Bonchev–Trinajstić information content (AvgIpc) is 3.51. The predicted molar refractivity (Wildman–Crippen MR) is 101 cm³/mol. The Morgan fingerprint density at radius 1 is 1.15 bits per heavy atom. The maximum Gasteiger partial charge on any atom is 0.223 e. The van der Waals surface area contributed by atoms with E-state index in [-0.39, 0.29) is 11.8 Å². The molecule has 2 fully saturated rings. The Hall–Kier alpha value is -2.50. The number of hydrogen-bond donors (Lipinski definition) is 1. The lowest BCUT2D eigenvalue weighted by Crippen LogP contribution is -2.45. The van der Waals surface area contributed by atoms with E-state index < -0.39 is 0 Å². The van der Waals surface area contributed by atoms with Crippen LogP contribution < -0.4 is 10.2 Å². The van der Waals surface area contributed by atoms with Crippen molar-refractivity contribution in [2.75, 3.05) is 18.0 Å². The van der Waals surface area contributed by atoms with Gasteiger partial charge in [0.1, 0.15) is 5.82 Å². The minimum Gasteiger partial charge on any atom is -0.356 e. The zero-order valence-corrected chi connectivity index (χ0v) is 15.4. The average molecular weight is 351 g/mol. The monoisotopic (exact) mass is 351 g/mol. The van der Waals surface area contributed by atoms with Crippen molar-refractivity contribution < 1.29 is 4.79 Å². The number of carbonyl (C=O) groups excluding carboxylic acids is 1. The van der Waals surface area contributed by atoms with Crippen molar-refractivity contribution in [1.82, 2.24) is 20.3 Å². The van der Waals surface area contributed by atoms with Crippen molar-refractivity contribution in [3.05, 3.63) is 35.8 Å². The summed E-state index contributed by atoms with van der Waals surface area (Å²) in [7, 11) is 0. The molecule has 1 saturated heterocycles. The van der Waals surface area contributed by atoms with Gasteiger partial charge in [-0.05, 0) is 51.7 Å². The van der Waals surface area contributed by atoms with E-state index in [2.05, 4.69) is 27.1 Å². The van der Waals surface area contributed by atoms with Gasteiger partial charge in [-0.1, -0.05) is 0 Å². The molecule has 6 heteroatoms. The SMILES string of the molecule is Cc1nc(-c2cccnc2)nc(N2CCC(NC(=O)C3CC3)CC2)c1C. The minimum absolute atomic E-state index is 0.247. The first-order valence-electron chi connectivity index (χ1n) is 9.43. The van der Waals surface area contributed by atoms with Gasteiger partial charge in [0.05, 0.1) is 0 Å². The summed E-state index contributed by atoms with van der Waals surface area (Å²) >= 11 is 0. The van der Waals surface area contributed by atoms with E-state index in [0.29, 0.717) is 6.04 Å². The van der Waals surface area contributed by atoms with Gasteiger partial charge in [0.25, 0.3) is 0 Å². The second kappa shape index (κ2) is 7.02. The van der Waals surface area contributed by atoms with Crippen molar-refractivity contribution in [2.45, 2.75) is 45.6 Å². The van der Waals surface area contributed by atoms with Crippen LogP contribution in [0, 0.1) is 19.8 Å². The standard InChI is InChI=1S/C20H25N5O/c1-13-14(2)22-18(16-4-3-9-21-12-16)24-19(13)25-10-7-17(8-11-25)23-20(26)15-5-6-15/h3-4,9,12,15,17H,5-8,10-11H2,1-2H3,(H,23,26). The smallest absolute Gasteiger partial charge is 0.223 e. The first-order valence-corrected chi connectivity index (χ1v) is 9.43. The fourth-order valence-electron chi connectivity index (χ4n) is 3.45. The molecule has 136 valence electrons. The van der Waals surface area contributed by atoms with E-state index in [9.17, 15) is 4.79 Å². The first kappa shape index (κ1) is 16.9. The van der Waals surface area contributed by atoms with E-state index in [1.54, 1.807) is 12.4 Å². The molecule has 1 N–H and O–H groups in total. The molecule has 0 bridgehead atoms. The van der Waals surface area contributed by atoms with E-state index >= 15 is 0 Å². The Morgan fingerprint density at radius 2 is 1.92 bits per heavy atom. The zero-order chi connectivity index (χ0) is 18.1. The summed E-state index contributed by atoms with van der Waals surface area (Å²) in [6.45, 7) is 5.92. The molecule has 1 saturated carbocycles. The maximum atomic E-state index is 12.0. The van der Waals surface area contributed by atoms with Gasteiger partial charge in [-0.3, -0.25) is 9.78 Å². The molecule has 3 heterocycles. The van der Waals surface area contributed by atoms with Crippen LogP contribution in [-0.2, 0) is 4.79 Å². The molecule has 2 aliphatic rings. The van der Waals surface area contributed by atoms with Gasteiger partial charge in [0, 0.05) is 54.3 Å². The lowest BCUT2D eigenvalue weighted by molar-refractivity contribution is -0.123. The number of nitrogens with zero attached hydrogens (tertiary/aromatic N) is 4. The van der Waals surface area contributed by atoms with E-state index in [0.717, 1.165) is 67.2 Å². The fourth-order valence-corrected chi connectivity index (χ4v) is 3.45. The molecule has 6 nitrogen and oxygen atoms in total. The van der Waals surface area contributed by atoms with Crippen LogP contribution in [0.1, 0.15) is 36.9 Å². The van der Waals surface area contributed by atoms with E-state index in [1.807, 2.05) is 19.1 Å². The molecule has 0 atom stereocenters. The Bertz CT molecular complexity index is 795. The summed E-state index contributed by atoms with van der Waals surface area (Å²) in [5.74, 6) is 2.25. The Labute approximate surface area is 154 Å². The number of rotatable bonds is 4. The third-order valence-corrected chi connectivity index (χ3v) is 5.37. The number of aryl methyl sites for hydroxylation is 1. The normalized spacial score (nSPS) is 18.0. The molecule has 0 unspecified atom stereocenters. The van der Waals surface area contributed by atoms with Gasteiger partial charge < -0.3 is 10.2 Å². The highest BCUT2D eigenvalue weighted by atomic mass is 16.2. The van der Waals surface area contributed by atoms with Gasteiger partial charge in [-0.25, -0.2) is 9.97 Å². The summed E-state index contributed by atoms with van der Waals surface area (Å²) in [4.78, 5) is 28.0. The highest BCUT2D eigenvalue weighted by Crippen LogP contribution is 2.30. The molecular weight excluding hydrogens is 326 g/mol. The number of anilines is 1. The molecule has 1 aliphatic carbocycles. The third kappa shape index (κ3) is 3.54. The second-order valence-corrected chi connectivity index (χ2v) is 7.37. The fraction of sp³-hybridized carbons (Fsp3) is 0.500. The van der Waals surface area contributed by atoms with Crippen molar-refractivity contribution in [2.24, 2.45) is 5.92 Å². The molecule has 26 heavy (non-hydrogen) atoms. The molecule has 2 aromatic rings. The van der Waals surface area contributed by atoms with Gasteiger partial charge in [0.15, 0.2) is 5.82 Å². The lowest BCUT2D eigenvalue weighted by Gasteiger charge is -2.34. The predicted octanol–water partition coefficient (Wildman–Crippen LogP) is 2.65. The van der Waals surface area contributed by atoms with Crippen LogP contribution in [-0.4, -0.2) is 40.0 Å². The summed E-state index contributed by atoms with van der Waals surface area (Å²) in [6, 6.07) is 4.18. The summed E-state index contributed by atoms with van der Waals surface area (Å²) in [6.07, 6.45) is 7.59. The summed E-state index contributed by atoms with van der Waals surface area (Å²) in [5.41, 5.74) is 3.06. The largest absolute Gasteiger partial charge is 0.356 e. The van der Waals surface area contributed by atoms with Gasteiger partial charge in [0.2, 0.25) is 5.91 Å². The number of piperidine rings is 1. The van der Waals surface area contributed by atoms with Crippen LogP contribution in [0.5, 0.6) is 0 Å². The van der Waals surface area contributed by atoms with Gasteiger partial charge in [-0.2, -0.15) is 0 Å². The van der Waals surface area contributed by atoms with Crippen molar-refractivity contribution in [3.63, 3.8) is 0 Å². The van der Waals surface area contributed by atoms with Crippen LogP contribution in [0.25, 0.3) is 11.4 Å². The number of carbonyl (C=O) groups is 1. The molecule has 1 amide bonds. The molecule has 2 aromatic heterocycles. The van der Waals surface area contributed by atoms with Crippen LogP contribution >= 0.6 is 0 Å². The van der Waals surface area contributed by atoms with Crippen LogP contribution in [0.15, 0.2) is 24.5 Å². The molecule has 0 spiro atoms. The number of pyridine rings is 1.